The predicted molar refractivity (Wildman–Crippen MR) is 81.0 cm³/mol. The standard InChI is InChI=1S/C15H24FN3O/c1-4-19(10-11(2)3)8-7-15(20)18-14-6-5-12(16)9-13(14)17/h5-6,9,11H,4,7-8,10,17H2,1-3H3,(H,18,20). The van der Waals surface area contributed by atoms with Crippen LogP contribution in [0.5, 0.6) is 0 Å². The number of benzene rings is 1. The van der Waals surface area contributed by atoms with E-state index in [1.54, 1.807) is 0 Å². The number of carbonyl (C=O) groups excluding carboxylic acids is 1. The maximum Gasteiger partial charge on any atom is 0.225 e. The Hall–Kier alpha value is -1.62. The van der Waals surface area contributed by atoms with Crippen LogP contribution in [-0.4, -0.2) is 30.4 Å². The summed E-state index contributed by atoms with van der Waals surface area (Å²) >= 11 is 0. The van der Waals surface area contributed by atoms with Crippen LogP contribution in [0.25, 0.3) is 0 Å². The number of amides is 1. The molecule has 0 saturated carbocycles. The zero-order valence-corrected chi connectivity index (χ0v) is 12.4. The summed E-state index contributed by atoms with van der Waals surface area (Å²) in [5, 5.41) is 2.71. The third-order valence-corrected chi connectivity index (χ3v) is 3.01. The van der Waals surface area contributed by atoms with Crippen LogP contribution in [0, 0.1) is 11.7 Å². The van der Waals surface area contributed by atoms with Crippen LogP contribution in [0.15, 0.2) is 18.2 Å². The van der Waals surface area contributed by atoms with Gasteiger partial charge in [0.2, 0.25) is 5.91 Å². The molecule has 0 radical (unpaired) electrons. The van der Waals surface area contributed by atoms with Crippen molar-refractivity contribution in [3.05, 3.63) is 24.0 Å². The number of halogens is 1. The van der Waals surface area contributed by atoms with Crippen LogP contribution < -0.4 is 11.1 Å². The maximum absolute atomic E-state index is 12.9. The summed E-state index contributed by atoms with van der Waals surface area (Å²) in [7, 11) is 0. The Labute approximate surface area is 120 Å². The van der Waals surface area contributed by atoms with Gasteiger partial charge in [0.05, 0.1) is 11.4 Å². The molecule has 1 amide bonds. The van der Waals surface area contributed by atoms with Gasteiger partial charge in [0.25, 0.3) is 0 Å². The number of nitrogens with zero attached hydrogens (tertiary/aromatic N) is 1. The molecule has 0 saturated heterocycles. The van der Waals surface area contributed by atoms with Gasteiger partial charge >= 0.3 is 0 Å². The van der Waals surface area contributed by atoms with Gasteiger partial charge in [-0.05, 0) is 30.7 Å². The Balaban J connectivity index is 2.47. The molecule has 0 bridgehead atoms. The van der Waals surface area contributed by atoms with Crippen LogP contribution in [0.2, 0.25) is 0 Å². The Morgan fingerprint density at radius 2 is 2.15 bits per heavy atom. The normalized spacial score (nSPS) is 11.1. The molecule has 0 spiro atoms. The monoisotopic (exact) mass is 281 g/mol. The number of anilines is 2. The second-order valence-electron chi connectivity index (χ2n) is 5.32. The second-order valence-corrected chi connectivity index (χ2v) is 5.32. The number of rotatable bonds is 7. The van der Waals surface area contributed by atoms with Gasteiger partial charge in [0.1, 0.15) is 5.82 Å². The zero-order chi connectivity index (χ0) is 15.1. The van der Waals surface area contributed by atoms with Gasteiger partial charge < -0.3 is 16.0 Å². The molecule has 0 aliphatic heterocycles. The Morgan fingerprint density at radius 1 is 1.45 bits per heavy atom. The van der Waals surface area contributed by atoms with Gasteiger partial charge in [-0.1, -0.05) is 20.8 Å². The van der Waals surface area contributed by atoms with E-state index in [1.807, 2.05) is 0 Å². The fourth-order valence-electron chi connectivity index (χ4n) is 2.01. The molecule has 5 heteroatoms. The summed E-state index contributed by atoms with van der Waals surface area (Å²) in [5.74, 6) is 0.0610. The highest BCUT2D eigenvalue weighted by Crippen LogP contribution is 2.19. The Morgan fingerprint density at radius 3 is 2.70 bits per heavy atom. The highest BCUT2D eigenvalue weighted by atomic mass is 19.1. The summed E-state index contributed by atoms with van der Waals surface area (Å²) < 4.78 is 12.9. The lowest BCUT2D eigenvalue weighted by molar-refractivity contribution is -0.116. The fourth-order valence-corrected chi connectivity index (χ4v) is 2.01. The summed E-state index contributed by atoms with van der Waals surface area (Å²) in [6.07, 6.45) is 0.400. The summed E-state index contributed by atoms with van der Waals surface area (Å²) in [5.41, 5.74) is 6.36. The highest BCUT2D eigenvalue weighted by Gasteiger charge is 2.10. The minimum atomic E-state index is -0.408. The van der Waals surface area contributed by atoms with E-state index in [1.165, 1.54) is 18.2 Å². The van der Waals surface area contributed by atoms with Crippen molar-refractivity contribution in [3.63, 3.8) is 0 Å². The van der Waals surface area contributed by atoms with Gasteiger partial charge in [0.15, 0.2) is 0 Å². The minimum Gasteiger partial charge on any atom is -0.397 e. The Bertz CT molecular complexity index is 449. The summed E-state index contributed by atoms with van der Waals surface area (Å²) in [6, 6.07) is 3.96. The SMILES string of the molecule is CCN(CCC(=O)Nc1ccc(F)cc1N)CC(C)C. The van der Waals surface area contributed by atoms with Crippen molar-refractivity contribution in [2.45, 2.75) is 27.2 Å². The largest absolute Gasteiger partial charge is 0.397 e. The van der Waals surface area contributed by atoms with Gasteiger partial charge in [-0.3, -0.25) is 4.79 Å². The molecule has 0 aliphatic carbocycles. The fraction of sp³-hybridized carbons (Fsp3) is 0.533. The maximum atomic E-state index is 12.9. The quantitative estimate of drug-likeness (QED) is 0.756. The van der Waals surface area contributed by atoms with E-state index >= 15 is 0 Å². The van der Waals surface area contributed by atoms with E-state index in [2.05, 4.69) is 31.0 Å². The average molecular weight is 281 g/mol. The van der Waals surface area contributed by atoms with E-state index in [0.717, 1.165) is 13.1 Å². The molecule has 1 rings (SSSR count). The third-order valence-electron chi connectivity index (χ3n) is 3.01. The Kier molecular flexibility index (Phi) is 6.45. The highest BCUT2D eigenvalue weighted by molar-refractivity contribution is 5.93. The van der Waals surface area contributed by atoms with Crippen LogP contribution in [0.4, 0.5) is 15.8 Å². The number of carbonyl (C=O) groups is 1. The summed E-state index contributed by atoms with van der Waals surface area (Å²) in [4.78, 5) is 14.1. The predicted octanol–water partition coefficient (Wildman–Crippen LogP) is 2.71. The lowest BCUT2D eigenvalue weighted by atomic mass is 10.2. The molecule has 3 N–H and O–H groups in total. The first kappa shape index (κ1) is 16.4. The number of nitrogen functional groups attached to an aromatic ring is 1. The van der Waals surface area contributed by atoms with Crippen LogP contribution in [-0.2, 0) is 4.79 Å². The molecule has 0 heterocycles. The van der Waals surface area contributed by atoms with E-state index in [-0.39, 0.29) is 11.6 Å². The van der Waals surface area contributed by atoms with E-state index in [0.29, 0.717) is 24.6 Å². The average Bonchev–Trinajstić information content (AvgIpc) is 2.37. The minimum absolute atomic E-state index is 0.106. The molecule has 0 atom stereocenters. The number of hydrogen-bond donors (Lipinski definition) is 2. The second kappa shape index (κ2) is 7.85. The van der Waals surface area contributed by atoms with Crippen LogP contribution >= 0.6 is 0 Å². The first-order valence-corrected chi connectivity index (χ1v) is 6.99. The van der Waals surface area contributed by atoms with Gasteiger partial charge in [-0.2, -0.15) is 0 Å². The molecule has 0 fully saturated rings. The van der Waals surface area contributed by atoms with Crippen molar-refractivity contribution in [2.24, 2.45) is 5.92 Å². The molecule has 0 aliphatic rings. The van der Waals surface area contributed by atoms with Crippen LogP contribution in [0.1, 0.15) is 27.2 Å². The van der Waals surface area contributed by atoms with E-state index in [4.69, 9.17) is 5.73 Å². The topological polar surface area (TPSA) is 58.4 Å². The van der Waals surface area contributed by atoms with Crippen molar-refractivity contribution in [2.75, 3.05) is 30.7 Å². The lowest BCUT2D eigenvalue weighted by Crippen LogP contribution is -2.31. The third kappa shape index (κ3) is 5.57. The van der Waals surface area contributed by atoms with Crippen molar-refractivity contribution in [1.29, 1.82) is 0 Å². The van der Waals surface area contributed by atoms with Crippen molar-refractivity contribution < 1.29 is 9.18 Å². The van der Waals surface area contributed by atoms with Crippen molar-refractivity contribution in [3.8, 4) is 0 Å². The van der Waals surface area contributed by atoms with E-state index < -0.39 is 5.82 Å². The molecule has 20 heavy (non-hydrogen) atoms. The molecule has 1 aromatic carbocycles. The van der Waals surface area contributed by atoms with Crippen LogP contribution in [0.3, 0.4) is 0 Å². The van der Waals surface area contributed by atoms with E-state index in [9.17, 15) is 9.18 Å². The number of hydrogen-bond acceptors (Lipinski definition) is 3. The molecular formula is C15H24FN3O. The van der Waals surface area contributed by atoms with Crippen molar-refractivity contribution >= 4 is 17.3 Å². The molecule has 112 valence electrons. The van der Waals surface area contributed by atoms with Gasteiger partial charge in [-0.25, -0.2) is 4.39 Å². The first-order chi connectivity index (χ1) is 9.42. The molecule has 0 unspecified atom stereocenters. The zero-order valence-electron chi connectivity index (χ0n) is 12.4. The smallest absolute Gasteiger partial charge is 0.225 e. The van der Waals surface area contributed by atoms with Gasteiger partial charge in [0, 0.05) is 19.5 Å². The lowest BCUT2D eigenvalue weighted by Gasteiger charge is -2.22. The molecule has 1 aromatic rings. The molecule has 0 aromatic heterocycles. The number of nitrogens with one attached hydrogen (secondary N) is 1. The number of nitrogens with two attached hydrogens (primary N) is 1. The first-order valence-electron chi connectivity index (χ1n) is 6.99. The summed E-state index contributed by atoms with van der Waals surface area (Å²) in [6.45, 7) is 9.00. The molecular weight excluding hydrogens is 257 g/mol. The molecule has 4 nitrogen and oxygen atoms in total. The van der Waals surface area contributed by atoms with Crippen molar-refractivity contribution in [1.82, 2.24) is 4.90 Å². The van der Waals surface area contributed by atoms with Gasteiger partial charge in [-0.15, -0.1) is 0 Å².